The molecule has 1 aliphatic carbocycles. The first kappa shape index (κ1) is 12.4. The second kappa shape index (κ2) is 6.61. The van der Waals surface area contributed by atoms with Crippen LogP contribution in [0.15, 0.2) is 0 Å². The molecule has 2 rings (SSSR count). The molecule has 0 aromatic rings. The minimum Gasteiger partial charge on any atom is -0.317 e. The standard InChI is InChI=1S/C14H28N2/c1-2-14(12-8-10-15-11-9-12)16-13-6-4-3-5-7-13/h12-16H,2-11H2,1H3. The van der Waals surface area contributed by atoms with E-state index >= 15 is 0 Å². The molecule has 16 heavy (non-hydrogen) atoms. The summed E-state index contributed by atoms with van der Waals surface area (Å²) in [7, 11) is 0. The van der Waals surface area contributed by atoms with Gasteiger partial charge in [-0.15, -0.1) is 0 Å². The van der Waals surface area contributed by atoms with E-state index in [9.17, 15) is 0 Å². The van der Waals surface area contributed by atoms with Gasteiger partial charge in [-0.25, -0.2) is 0 Å². The van der Waals surface area contributed by atoms with Crippen molar-refractivity contribution in [1.29, 1.82) is 0 Å². The van der Waals surface area contributed by atoms with Gasteiger partial charge in [0.25, 0.3) is 0 Å². The molecule has 2 N–H and O–H groups in total. The highest BCUT2D eigenvalue weighted by atomic mass is 15.0. The van der Waals surface area contributed by atoms with Gasteiger partial charge in [-0.05, 0) is 51.1 Å². The zero-order chi connectivity index (χ0) is 11.2. The number of piperidine rings is 1. The van der Waals surface area contributed by atoms with Crippen LogP contribution in [-0.4, -0.2) is 25.2 Å². The lowest BCUT2D eigenvalue weighted by atomic mass is 9.86. The summed E-state index contributed by atoms with van der Waals surface area (Å²) in [5.41, 5.74) is 0. The maximum atomic E-state index is 3.95. The fourth-order valence-electron chi connectivity index (χ4n) is 3.41. The summed E-state index contributed by atoms with van der Waals surface area (Å²) >= 11 is 0. The molecule has 2 fully saturated rings. The van der Waals surface area contributed by atoms with Gasteiger partial charge in [0, 0.05) is 12.1 Å². The lowest BCUT2D eigenvalue weighted by Crippen LogP contribution is -2.46. The van der Waals surface area contributed by atoms with Crippen LogP contribution in [-0.2, 0) is 0 Å². The van der Waals surface area contributed by atoms with Crippen LogP contribution >= 0.6 is 0 Å². The van der Waals surface area contributed by atoms with Gasteiger partial charge in [0.2, 0.25) is 0 Å². The molecule has 0 aromatic heterocycles. The molecular weight excluding hydrogens is 196 g/mol. The Labute approximate surface area is 101 Å². The van der Waals surface area contributed by atoms with E-state index in [1.165, 1.54) is 64.5 Å². The highest BCUT2D eigenvalue weighted by Crippen LogP contribution is 2.23. The van der Waals surface area contributed by atoms with Crippen LogP contribution in [0.4, 0.5) is 0 Å². The molecule has 1 saturated heterocycles. The van der Waals surface area contributed by atoms with Gasteiger partial charge in [-0.3, -0.25) is 0 Å². The predicted octanol–water partition coefficient (Wildman–Crippen LogP) is 2.69. The van der Waals surface area contributed by atoms with Gasteiger partial charge >= 0.3 is 0 Å². The fraction of sp³-hybridized carbons (Fsp3) is 1.00. The van der Waals surface area contributed by atoms with Crippen LogP contribution in [0.5, 0.6) is 0 Å². The molecule has 2 aliphatic rings. The van der Waals surface area contributed by atoms with E-state index < -0.39 is 0 Å². The highest BCUT2D eigenvalue weighted by molar-refractivity contribution is 4.83. The Morgan fingerprint density at radius 1 is 1.06 bits per heavy atom. The Balaban J connectivity index is 1.78. The van der Waals surface area contributed by atoms with Gasteiger partial charge in [0.15, 0.2) is 0 Å². The van der Waals surface area contributed by atoms with E-state index in [2.05, 4.69) is 17.6 Å². The van der Waals surface area contributed by atoms with E-state index in [0.717, 1.165) is 18.0 Å². The van der Waals surface area contributed by atoms with E-state index in [4.69, 9.17) is 0 Å². The van der Waals surface area contributed by atoms with Crippen molar-refractivity contribution in [3.63, 3.8) is 0 Å². The summed E-state index contributed by atoms with van der Waals surface area (Å²) in [4.78, 5) is 0. The van der Waals surface area contributed by atoms with Crippen LogP contribution in [0.2, 0.25) is 0 Å². The van der Waals surface area contributed by atoms with Crippen LogP contribution in [0.25, 0.3) is 0 Å². The molecule has 0 bridgehead atoms. The van der Waals surface area contributed by atoms with Crippen molar-refractivity contribution >= 4 is 0 Å². The Morgan fingerprint density at radius 2 is 1.75 bits per heavy atom. The van der Waals surface area contributed by atoms with Crippen molar-refractivity contribution in [2.75, 3.05) is 13.1 Å². The second-order valence-corrected chi connectivity index (χ2v) is 5.60. The summed E-state index contributed by atoms with van der Waals surface area (Å²) in [6.07, 6.45) is 11.2. The molecule has 1 atom stereocenters. The quantitative estimate of drug-likeness (QED) is 0.767. The van der Waals surface area contributed by atoms with Crippen molar-refractivity contribution in [2.24, 2.45) is 5.92 Å². The van der Waals surface area contributed by atoms with Gasteiger partial charge in [0.1, 0.15) is 0 Å². The summed E-state index contributed by atoms with van der Waals surface area (Å²) in [6, 6.07) is 1.61. The van der Waals surface area contributed by atoms with Gasteiger partial charge in [0.05, 0.1) is 0 Å². The van der Waals surface area contributed by atoms with Gasteiger partial charge < -0.3 is 10.6 Å². The molecular formula is C14H28N2. The van der Waals surface area contributed by atoms with Crippen molar-refractivity contribution < 1.29 is 0 Å². The number of hydrogen-bond donors (Lipinski definition) is 2. The maximum absolute atomic E-state index is 3.95. The van der Waals surface area contributed by atoms with Crippen molar-refractivity contribution in [3.8, 4) is 0 Å². The first-order chi connectivity index (χ1) is 7.90. The molecule has 1 heterocycles. The van der Waals surface area contributed by atoms with Crippen LogP contribution < -0.4 is 10.6 Å². The predicted molar refractivity (Wildman–Crippen MR) is 69.7 cm³/mol. The summed E-state index contributed by atoms with van der Waals surface area (Å²) in [5, 5.41) is 7.42. The van der Waals surface area contributed by atoms with E-state index in [1.54, 1.807) is 0 Å². The number of nitrogens with one attached hydrogen (secondary N) is 2. The van der Waals surface area contributed by atoms with Crippen LogP contribution in [0.1, 0.15) is 58.3 Å². The zero-order valence-corrected chi connectivity index (χ0v) is 10.8. The Hall–Kier alpha value is -0.0800. The third kappa shape index (κ3) is 3.46. The minimum absolute atomic E-state index is 0.783. The molecule has 1 unspecified atom stereocenters. The molecule has 1 saturated carbocycles. The first-order valence-electron chi connectivity index (χ1n) is 7.37. The fourth-order valence-corrected chi connectivity index (χ4v) is 3.41. The van der Waals surface area contributed by atoms with E-state index in [-0.39, 0.29) is 0 Å². The molecule has 0 radical (unpaired) electrons. The number of rotatable bonds is 4. The summed E-state index contributed by atoms with van der Waals surface area (Å²) in [6.45, 7) is 4.81. The highest BCUT2D eigenvalue weighted by Gasteiger charge is 2.24. The topological polar surface area (TPSA) is 24.1 Å². The first-order valence-corrected chi connectivity index (χ1v) is 7.37. The zero-order valence-electron chi connectivity index (χ0n) is 10.8. The normalized spacial score (nSPS) is 26.8. The van der Waals surface area contributed by atoms with E-state index in [1.807, 2.05) is 0 Å². The molecule has 1 aliphatic heterocycles. The summed E-state index contributed by atoms with van der Waals surface area (Å²) < 4.78 is 0. The largest absolute Gasteiger partial charge is 0.317 e. The Bertz CT molecular complexity index is 181. The maximum Gasteiger partial charge on any atom is 0.00962 e. The average Bonchev–Trinajstić information content (AvgIpc) is 2.38. The molecule has 0 amide bonds. The van der Waals surface area contributed by atoms with E-state index in [0.29, 0.717) is 0 Å². The minimum atomic E-state index is 0.783. The third-order valence-electron chi connectivity index (χ3n) is 4.45. The van der Waals surface area contributed by atoms with Crippen molar-refractivity contribution in [2.45, 2.75) is 70.4 Å². The van der Waals surface area contributed by atoms with Gasteiger partial charge in [-0.2, -0.15) is 0 Å². The van der Waals surface area contributed by atoms with Crippen molar-refractivity contribution in [3.05, 3.63) is 0 Å². The second-order valence-electron chi connectivity index (χ2n) is 5.60. The smallest absolute Gasteiger partial charge is 0.00962 e. The SMILES string of the molecule is CCC(NC1CCCCC1)C1CCNCC1. The summed E-state index contributed by atoms with van der Waals surface area (Å²) in [5.74, 6) is 0.924. The third-order valence-corrected chi connectivity index (χ3v) is 4.45. The average molecular weight is 224 g/mol. The molecule has 0 spiro atoms. The molecule has 0 aromatic carbocycles. The number of hydrogen-bond acceptors (Lipinski definition) is 2. The molecule has 2 nitrogen and oxygen atoms in total. The molecule has 94 valence electrons. The lowest BCUT2D eigenvalue weighted by molar-refractivity contribution is 0.234. The monoisotopic (exact) mass is 224 g/mol. The van der Waals surface area contributed by atoms with Crippen molar-refractivity contribution in [1.82, 2.24) is 10.6 Å². The Morgan fingerprint density at radius 3 is 2.38 bits per heavy atom. The molecule has 2 heteroatoms. The van der Waals surface area contributed by atoms with Gasteiger partial charge in [-0.1, -0.05) is 26.2 Å². The Kier molecular flexibility index (Phi) is 5.11. The van der Waals surface area contributed by atoms with Crippen LogP contribution in [0, 0.1) is 5.92 Å². The lowest BCUT2D eigenvalue weighted by Gasteiger charge is -2.35. The van der Waals surface area contributed by atoms with Crippen LogP contribution in [0.3, 0.4) is 0 Å².